The summed E-state index contributed by atoms with van der Waals surface area (Å²) >= 11 is 0. The largest absolute Gasteiger partial charge is 0.326 e. The molecule has 1 aromatic rings. The van der Waals surface area contributed by atoms with Gasteiger partial charge in [0.1, 0.15) is 0 Å². The standard InChI is InChI=1S/C20H29N3O2/c1-13-5-6-14(22-18(25)19(2,3)4)11-16(13)23-17(24)15-12-20(15)7-9-21-10-8-20/h5-6,11,15,21H,7-10,12H2,1-4H3,(H,22,25)(H,23,24). The summed E-state index contributed by atoms with van der Waals surface area (Å²) < 4.78 is 0. The Morgan fingerprint density at radius 1 is 1.16 bits per heavy atom. The first-order chi connectivity index (χ1) is 11.7. The lowest BCUT2D eigenvalue weighted by Gasteiger charge is -2.23. The highest BCUT2D eigenvalue weighted by Crippen LogP contribution is 2.58. The molecule has 1 saturated heterocycles. The summed E-state index contributed by atoms with van der Waals surface area (Å²) in [6, 6.07) is 5.66. The summed E-state index contributed by atoms with van der Waals surface area (Å²) in [4.78, 5) is 24.8. The average Bonchev–Trinajstić information content (AvgIpc) is 3.23. The van der Waals surface area contributed by atoms with Crippen molar-refractivity contribution in [2.24, 2.45) is 16.7 Å². The van der Waals surface area contributed by atoms with Crippen LogP contribution >= 0.6 is 0 Å². The first-order valence-electron chi connectivity index (χ1n) is 9.15. The van der Waals surface area contributed by atoms with Gasteiger partial charge in [-0.3, -0.25) is 9.59 Å². The first kappa shape index (κ1) is 17.9. The van der Waals surface area contributed by atoms with Crippen LogP contribution in [0.15, 0.2) is 18.2 Å². The first-order valence-corrected chi connectivity index (χ1v) is 9.15. The molecule has 3 N–H and O–H groups in total. The summed E-state index contributed by atoms with van der Waals surface area (Å²) in [7, 11) is 0. The minimum Gasteiger partial charge on any atom is -0.326 e. The maximum absolute atomic E-state index is 12.7. The zero-order valence-electron chi connectivity index (χ0n) is 15.7. The number of piperidine rings is 1. The number of carbonyl (C=O) groups excluding carboxylic acids is 2. The SMILES string of the molecule is Cc1ccc(NC(=O)C(C)(C)C)cc1NC(=O)C1CC12CCNCC2. The molecule has 5 nitrogen and oxygen atoms in total. The highest BCUT2D eigenvalue weighted by molar-refractivity contribution is 5.98. The molecule has 3 rings (SSSR count). The second-order valence-corrected chi connectivity index (χ2v) is 8.59. The van der Waals surface area contributed by atoms with Crippen molar-refractivity contribution in [2.45, 2.75) is 47.0 Å². The van der Waals surface area contributed by atoms with Crippen LogP contribution in [0.1, 0.15) is 45.6 Å². The molecule has 1 aliphatic heterocycles. The Balaban J connectivity index is 1.67. The van der Waals surface area contributed by atoms with E-state index in [2.05, 4.69) is 16.0 Å². The van der Waals surface area contributed by atoms with Gasteiger partial charge in [-0.05, 0) is 62.4 Å². The van der Waals surface area contributed by atoms with Crippen molar-refractivity contribution >= 4 is 23.2 Å². The zero-order valence-corrected chi connectivity index (χ0v) is 15.7. The minimum atomic E-state index is -0.455. The van der Waals surface area contributed by atoms with E-state index in [1.54, 1.807) is 0 Å². The molecule has 1 saturated carbocycles. The van der Waals surface area contributed by atoms with Gasteiger partial charge in [0, 0.05) is 22.7 Å². The number of aryl methyl sites for hydroxylation is 1. The van der Waals surface area contributed by atoms with Crippen molar-refractivity contribution in [3.8, 4) is 0 Å². The predicted molar refractivity (Wildman–Crippen MR) is 101 cm³/mol. The number of carbonyl (C=O) groups is 2. The third-order valence-electron chi connectivity index (χ3n) is 5.54. The smallest absolute Gasteiger partial charge is 0.229 e. The number of rotatable bonds is 3. The summed E-state index contributed by atoms with van der Waals surface area (Å²) in [6.07, 6.45) is 3.18. The molecule has 2 aliphatic rings. The third kappa shape index (κ3) is 3.87. The van der Waals surface area contributed by atoms with E-state index in [0.29, 0.717) is 5.69 Å². The van der Waals surface area contributed by atoms with Crippen molar-refractivity contribution in [1.82, 2.24) is 5.32 Å². The van der Waals surface area contributed by atoms with Gasteiger partial charge in [0.15, 0.2) is 0 Å². The molecule has 1 spiro atoms. The Labute approximate surface area is 150 Å². The summed E-state index contributed by atoms with van der Waals surface area (Å²) in [5, 5.41) is 9.38. The number of nitrogens with one attached hydrogen (secondary N) is 3. The van der Waals surface area contributed by atoms with Gasteiger partial charge in [0.05, 0.1) is 0 Å². The van der Waals surface area contributed by atoms with Crippen LogP contribution in [0.25, 0.3) is 0 Å². The van der Waals surface area contributed by atoms with Crippen LogP contribution < -0.4 is 16.0 Å². The topological polar surface area (TPSA) is 70.2 Å². The maximum atomic E-state index is 12.7. The molecule has 1 unspecified atom stereocenters. The van der Waals surface area contributed by atoms with Crippen LogP contribution in [0, 0.1) is 23.7 Å². The molecule has 0 aromatic heterocycles. The van der Waals surface area contributed by atoms with Crippen LogP contribution in [-0.2, 0) is 9.59 Å². The van der Waals surface area contributed by atoms with Gasteiger partial charge in [0.25, 0.3) is 0 Å². The lowest BCUT2D eigenvalue weighted by Crippen LogP contribution is -2.31. The van der Waals surface area contributed by atoms with E-state index in [1.807, 2.05) is 45.9 Å². The molecule has 1 atom stereocenters. The highest BCUT2D eigenvalue weighted by Gasteiger charge is 2.57. The molecule has 0 radical (unpaired) electrons. The summed E-state index contributed by atoms with van der Waals surface area (Å²) in [6.45, 7) is 9.63. The molecule has 2 amide bonds. The van der Waals surface area contributed by atoms with Crippen LogP contribution in [-0.4, -0.2) is 24.9 Å². The van der Waals surface area contributed by atoms with E-state index in [0.717, 1.165) is 43.6 Å². The molecule has 1 heterocycles. The molecule has 2 fully saturated rings. The Bertz CT molecular complexity index is 685. The number of benzene rings is 1. The molecule has 25 heavy (non-hydrogen) atoms. The van der Waals surface area contributed by atoms with Gasteiger partial charge in [-0.2, -0.15) is 0 Å². The van der Waals surface area contributed by atoms with E-state index >= 15 is 0 Å². The van der Waals surface area contributed by atoms with E-state index in [1.165, 1.54) is 0 Å². The second kappa shape index (κ2) is 6.45. The van der Waals surface area contributed by atoms with Gasteiger partial charge in [-0.25, -0.2) is 0 Å². The van der Waals surface area contributed by atoms with E-state index in [9.17, 15) is 9.59 Å². The fraction of sp³-hybridized carbons (Fsp3) is 0.600. The Kier molecular flexibility index (Phi) is 4.62. The van der Waals surface area contributed by atoms with Crippen molar-refractivity contribution in [1.29, 1.82) is 0 Å². The summed E-state index contributed by atoms with van der Waals surface area (Å²) in [5.74, 6) is 0.204. The van der Waals surface area contributed by atoms with E-state index in [-0.39, 0.29) is 23.1 Å². The monoisotopic (exact) mass is 343 g/mol. The second-order valence-electron chi connectivity index (χ2n) is 8.59. The quantitative estimate of drug-likeness (QED) is 0.788. The Hall–Kier alpha value is -1.88. The van der Waals surface area contributed by atoms with Gasteiger partial charge in [0.2, 0.25) is 11.8 Å². The van der Waals surface area contributed by atoms with E-state index in [4.69, 9.17) is 0 Å². The van der Waals surface area contributed by atoms with Crippen molar-refractivity contribution in [3.05, 3.63) is 23.8 Å². The number of hydrogen-bond donors (Lipinski definition) is 3. The molecular formula is C20H29N3O2. The Morgan fingerprint density at radius 3 is 2.48 bits per heavy atom. The number of anilines is 2. The maximum Gasteiger partial charge on any atom is 0.229 e. The lowest BCUT2D eigenvalue weighted by molar-refractivity contribution is -0.123. The minimum absolute atomic E-state index is 0.0375. The normalized spacial score (nSPS) is 21.7. The molecule has 136 valence electrons. The predicted octanol–water partition coefficient (Wildman–Crippen LogP) is 3.31. The number of amides is 2. The fourth-order valence-corrected chi connectivity index (χ4v) is 3.57. The Morgan fingerprint density at radius 2 is 1.84 bits per heavy atom. The summed E-state index contributed by atoms with van der Waals surface area (Å²) in [5.41, 5.74) is 2.27. The lowest BCUT2D eigenvalue weighted by atomic mass is 9.91. The molecular weight excluding hydrogens is 314 g/mol. The van der Waals surface area contributed by atoms with Crippen molar-refractivity contribution < 1.29 is 9.59 Å². The van der Waals surface area contributed by atoms with Gasteiger partial charge < -0.3 is 16.0 Å². The van der Waals surface area contributed by atoms with Gasteiger partial charge in [-0.15, -0.1) is 0 Å². The van der Waals surface area contributed by atoms with Crippen molar-refractivity contribution in [2.75, 3.05) is 23.7 Å². The van der Waals surface area contributed by atoms with Crippen LogP contribution in [0.3, 0.4) is 0 Å². The van der Waals surface area contributed by atoms with Crippen LogP contribution in [0.2, 0.25) is 0 Å². The fourth-order valence-electron chi connectivity index (χ4n) is 3.57. The van der Waals surface area contributed by atoms with Gasteiger partial charge in [-0.1, -0.05) is 26.8 Å². The molecule has 1 aromatic carbocycles. The average molecular weight is 343 g/mol. The van der Waals surface area contributed by atoms with Crippen LogP contribution in [0.5, 0.6) is 0 Å². The van der Waals surface area contributed by atoms with E-state index < -0.39 is 5.41 Å². The molecule has 1 aliphatic carbocycles. The highest BCUT2D eigenvalue weighted by atomic mass is 16.2. The van der Waals surface area contributed by atoms with Gasteiger partial charge >= 0.3 is 0 Å². The number of hydrogen-bond acceptors (Lipinski definition) is 3. The van der Waals surface area contributed by atoms with Crippen LogP contribution in [0.4, 0.5) is 11.4 Å². The molecule has 5 heteroatoms. The third-order valence-corrected chi connectivity index (χ3v) is 5.54. The zero-order chi connectivity index (χ0) is 18.2. The van der Waals surface area contributed by atoms with Crippen molar-refractivity contribution in [3.63, 3.8) is 0 Å². The molecule has 0 bridgehead atoms.